The highest BCUT2D eigenvalue weighted by Gasteiger charge is 2.26. The van der Waals surface area contributed by atoms with Gasteiger partial charge in [-0.2, -0.15) is 0 Å². The third-order valence-corrected chi connectivity index (χ3v) is 4.54. The Morgan fingerprint density at radius 3 is 1.85 bits per heavy atom. The van der Waals surface area contributed by atoms with Gasteiger partial charge in [-0.05, 0) is 41.2 Å². The second-order valence-electron chi connectivity index (χ2n) is 8.54. The largest absolute Gasteiger partial charge is 0.507 e. The van der Waals surface area contributed by atoms with Crippen LogP contribution in [-0.2, 0) is 10.8 Å². The van der Waals surface area contributed by atoms with Gasteiger partial charge in [0.1, 0.15) is 5.75 Å². The molecular formula is C21H26ClNO3. The summed E-state index contributed by atoms with van der Waals surface area (Å²) in [5.41, 5.74) is 2.64. The number of carbonyl (C=O) groups is 1. The maximum Gasteiger partial charge on any atom is 0.337 e. The fraction of sp³-hybridized carbons (Fsp3) is 0.381. The summed E-state index contributed by atoms with van der Waals surface area (Å²) >= 11 is 5.94. The number of aromatic hydroxyl groups is 1. The first-order valence-electron chi connectivity index (χ1n) is 8.48. The number of aromatic carboxylic acids is 1. The minimum absolute atomic E-state index is 0.0440. The molecule has 26 heavy (non-hydrogen) atoms. The van der Waals surface area contributed by atoms with Crippen LogP contribution in [0.4, 0.5) is 11.4 Å². The van der Waals surface area contributed by atoms with Gasteiger partial charge in [-0.3, -0.25) is 0 Å². The van der Waals surface area contributed by atoms with Crippen molar-refractivity contribution in [2.24, 2.45) is 0 Å². The topological polar surface area (TPSA) is 69.6 Å². The predicted octanol–water partition coefficient (Wildman–Crippen LogP) is 6.08. The van der Waals surface area contributed by atoms with Gasteiger partial charge in [0, 0.05) is 22.5 Å². The number of carboxylic acids is 1. The molecule has 0 atom stereocenters. The van der Waals surface area contributed by atoms with Crippen molar-refractivity contribution >= 4 is 28.9 Å². The molecule has 0 heterocycles. The number of halogens is 1. The second kappa shape index (κ2) is 6.84. The van der Waals surface area contributed by atoms with Gasteiger partial charge in [0.05, 0.1) is 10.6 Å². The zero-order valence-corrected chi connectivity index (χ0v) is 16.8. The van der Waals surface area contributed by atoms with Crippen molar-refractivity contribution in [2.45, 2.75) is 52.4 Å². The lowest BCUT2D eigenvalue weighted by Gasteiger charge is -2.28. The van der Waals surface area contributed by atoms with Crippen LogP contribution in [0, 0.1) is 0 Å². The summed E-state index contributed by atoms with van der Waals surface area (Å²) in [6.45, 7) is 12.3. The zero-order chi connectivity index (χ0) is 19.9. The van der Waals surface area contributed by atoms with Crippen molar-refractivity contribution in [1.82, 2.24) is 0 Å². The van der Waals surface area contributed by atoms with Crippen LogP contribution in [-0.4, -0.2) is 16.2 Å². The predicted molar refractivity (Wildman–Crippen MR) is 107 cm³/mol. The molecule has 0 spiro atoms. The molecule has 0 saturated carbocycles. The molecule has 0 amide bonds. The van der Waals surface area contributed by atoms with E-state index in [1.807, 2.05) is 53.7 Å². The fourth-order valence-corrected chi connectivity index (χ4v) is 2.98. The van der Waals surface area contributed by atoms with Gasteiger partial charge in [-0.15, -0.1) is 0 Å². The van der Waals surface area contributed by atoms with Gasteiger partial charge >= 0.3 is 5.97 Å². The summed E-state index contributed by atoms with van der Waals surface area (Å²) in [4.78, 5) is 11.3. The molecule has 0 aliphatic rings. The summed E-state index contributed by atoms with van der Waals surface area (Å²) < 4.78 is 0. The maximum atomic E-state index is 11.3. The average molecular weight is 376 g/mol. The lowest BCUT2D eigenvalue weighted by molar-refractivity contribution is 0.0697. The Morgan fingerprint density at radius 1 is 0.923 bits per heavy atom. The molecule has 0 unspecified atom stereocenters. The minimum Gasteiger partial charge on any atom is -0.507 e. The molecule has 0 fully saturated rings. The summed E-state index contributed by atoms with van der Waals surface area (Å²) in [5.74, 6) is -0.770. The summed E-state index contributed by atoms with van der Waals surface area (Å²) in [6.07, 6.45) is 0. The number of hydrogen-bond acceptors (Lipinski definition) is 3. The van der Waals surface area contributed by atoms with E-state index in [0.717, 1.165) is 16.8 Å². The lowest BCUT2D eigenvalue weighted by atomic mass is 9.79. The molecule has 0 aliphatic carbocycles. The number of rotatable bonds is 3. The second-order valence-corrected chi connectivity index (χ2v) is 8.95. The van der Waals surface area contributed by atoms with Crippen molar-refractivity contribution in [3.63, 3.8) is 0 Å². The number of benzene rings is 2. The van der Waals surface area contributed by atoms with E-state index >= 15 is 0 Å². The summed E-state index contributed by atoms with van der Waals surface area (Å²) in [6, 6.07) is 8.60. The maximum absolute atomic E-state index is 11.3. The molecule has 0 aromatic heterocycles. The Hall–Kier alpha value is -2.20. The van der Waals surface area contributed by atoms with E-state index in [0.29, 0.717) is 11.4 Å². The molecule has 140 valence electrons. The van der Waals surface area contributed by atoms with Crippen molar-refractivity contribution in [1.29, 1.82) is 0 Å². The zero-order valence-electron chi connectivity index (χ0n) is 16.1. The van der Waals surface area contributed by atoms with Crippen LogP contribution >= 0.6 is 11.6 Å². The Kier molecular flexibility index (Phi) is 5.29. The highest BCUT2D eigenvalue weighted by Crippen LogP contribution is 2.41. The summed E-state index contributed by atoms with van der Waals surface area (Å²) in [5, 5.41) is 23.5. The van der Waals surface area contributed by atoms with Crippen molar-refractivity contribution in [3.8, 4) is 5.75 Å². The number of phenolic OH excluding ortho intramolecular Hbond substituents is 1. The van der Waals surface area contributed by atoms with Crippen molar-refractivity contribution in [3.05, 3.63) is 52.0 Å². The quantitative estimate of drug-likeness (QED) is 0.568. The Morgan fingerprint density at radius 2 is 1.42 bits per heavy atom. The van der Waals surface area contributed by atoms with Gasteiger partial charge in [0.15, 0.2) is 0 Å². The molecule has 0 bridgehead atoms. The number of phenols is 1. The van der Waals surface area contributed by atoms with Crippen LogP contribution in [0.2, 0.25) is 5.02 Å². The Labute approximate surface area is 159 Å². The van der Waals surface area contributed by atoms with Crippen LogP contribution in [0.15, 0.2) is 30.3 Å². The van der Waals surface area contributed by atoms with Crippen LogP contribution in [0.3, 0.4) is 0 Å². The van der Waals surface area contributed by atoms with E-state index in [1.165, 1.54) is 6.07 Å². The summed E-state index contributed by atoms with van der Waals surface area (Å²) in [7, 11) is 0. The number of carboxylic acid groups (broad SMARTS) is 1. The number of hydrogen-bond donors (Lipinski definition) is 3. The minimum atomic E-state index is -1.07. The number of anilines is 2. The Balaban J connectivity index is 2.57. The van der Waals surface area contributed by atoms with Gasteiger partial charge < -0.3 is 15.5 Å². The highest BCUT2D eigenvalue weighted by molar-refractivity contribution is 6.33. The van der Waals surface area contributed by atoms with Gasteiger partial charge in [0.2, 0.25) is 0 Å². The molecule has 0 radical (unpaired) electrons. The molecule has 5 heteroatoms. The van der Waals surface area contributed by atoms with E-state index in [9.17, 15) is 15.0 Å². The normalized spacial score (nSPS) is 12.1. The van der Waals surface area contributed by atoms with E-state index < -0.39 is 5.97 Å². The molecule has 0 aliphatic heterocycles. The van der Waals surface area contributed by atoms with E-state index in [1.54, 1.807) is 12.1 Å². The monoisotopic (exact) mass is 375 g/mol. The Bertz CT molecular complexity index is 810. The average Bonchev–Trinajstić information content (AvgIpc) is 2.48. The van der Waals surface area contributed by atoms with Crippen LogP contribution in [0.1, 0.15) is 63.0 Å². The van der Waals surface area contributed by atoms with Gasteiger partial charge in [-0.25, -0.2) is 4.79 Å². The van der Waals surface area contributed by atoms with Gasteiger partial charge in [0.25, 0.3) is 0 Å². The molecular weight excluding hydrogens is 350 g/mol. The van der Waals surface area contributed by atoms with E-state index in [4.69, 9.17) is 11.6 Å². The lowest BCUT2D eigenvalue weighted by Crippen LogP contribution is -2.17. The van der Waals surface area contributed by atoms with Crippen molar-refractivity contribution in [2.75, 3.05) is 5.32 Å². The molecule has 2 aromatic rings. The fourth-order valence-electron chi connectivity index (χ4n) is 2.78. The first-order valence-corrected chi connectivity index (χ1v) is 8.86. The third-order valence-electron chi connectivity index (χ3n) is 4.21. The van der Waals surface area contributed by atoms with Crippen LogP contribution in [0.5, 0.6) is 5.75 Å². The standard InChI is InChI=1S/C21H26ClNO3/c1-20(2,3)15-10-13(11-16(18(15)24)21(4,5)6)23-12-7-8-17(22)14(9-12)19(25)26/h7-11,23-24H,1-6H3,(H,25,26). The molecule has 4 nitrogen and oxygen atoms in total. The first kappa shape index (κ1) is 20.1. The first-order chi connectivity index (χ1) is 11.8. The van der Waals surface area contributed by atoms with Crippen LogP contribution in [0.25, 0.3) is 0 Å². The molecule has 2 aromatic carbocycles. The molecule has 0 saturated heterocycles. The third kappa shape index (κ3) is 4.31. The van der Waals surface area contributed by atoms with Crippen LogP contribution < -0.4 is 5.32 Å². The number of nitrogens with one attached hydrogen (secondary N) is 1. The molecule has 2 rings (SSSR count). The highest BCUT2D eigenvalue weighted by atomic mass is 35.5. The van der Waals surface area contributed by atoms with E-state index in [2.05, 4.69) is 5.32 Å². The van der Waals surface area contributed by atoms with E-state index in [-0.39, 0.29) is 21.4 Å². The molecule has 3 N–H and O–H groups in total. The van der Waals surface area contributed by atoms with Crippen molar-refractivity contribution < 1.29 is 15.0 Å². The van der Waals surface area contributed by atoms with Gasteiger partial charge in [-0.1, -0.05) is 53.1 Å². The smallest absolute Gasteiger partial charge is 0.337 e. The SMILES string of the molecule is CC(C)(C)c1cc(Nc2ccc(Cl)c(C(=O)O)c2)cc(C(C)(C)C)c1O.